The van der Waals surface area contributed by atoms with Gasteiger partial charge in [0.05, 0.1) is 0 Å². The highest BCUT2D eigenvalue weighted by Crippen LogP contribution is 2.23. The quantitative estimate of drug-likeness (QED) is 0.822. The van der Waals surface area contributed by atoms with E-state index in [1.165, 1.54) is 22.3 Å². The van der Waals surface area contributed by atoms with Crippen LogP contribution in [0, 0.1) is 13.8 Å². The molecule has 106 valence electrons. The normalized spacial score (nSPS) is 11.7. The summed E-state index contributed by atoms with van der Waals surface area (Å²) >= 11 is 3.48. The molecule has 0 spiro atoms. The molecular weight excluding hydrogens is 310 g/mol. The van der Waals surface area contributed by atoms with Gasteiger partial charge in [0.25, 0.3) is 0 Å². The molecule has 0 aromatic heterocycles. The van der Waals surface area contributed by atoms with Gasteiger partial charge in [-0.15, -0.1) is 0 Å². The van der Waals surface area contributed by atoms with Crippen LogP contribution in [0.1, 0.15) is 36.1 Å². The van der Waals surface area contributed by atoms with E-state index in [0.717, 1.165) is 11.0 Å². The Morgan fingerprint density at radius 3 is 2.25 bits per heavy atom. The van der Waals surface area contributed by atoms with Gasteiger partial charge in [-0.3, -0.25) is 0 Å². The Bertz CT molecular complexity index is 585. The van der Waals surface area contributed by atoms with Crippen molar-refractivity contribution < 1.29 is 0 Å². The Balaban J connectivity index is 2.10. The molecule has 0 heterocycles. The zero-order valence-electron chi connectivity index (χ0n) is 12.6. The molecule has 0 saturated carbocycles. The highest BCUT2D eigenvalue weighted by molar-refractivity contribution is 9.10. The fraction of sp³-hybridized carbons (Fsp3) is 0.333. The first-order valence-electron chi connectivity index (χ1n) is 6.96. The van der Waals surface area contributed by atoms with E-state index in [4.69, 9.17) is 0 Å². The zero-order valence-corrected chi connectivity index (χ0v) is 14.2. The summed E-state index contributed by atoms with van der Waals surface area (Å²) in [6.45, 7) is 9.64. The maximum Gasteiger partial charge on any atom is 0.0380 e. The summed E-state index contributed by atoms with van der Waals surface area (Å²) in [4.78, 5) is 0. The third-order valence-corrected chi connectivity index (χ3v) is 4.31. The molecule has 2 aromatic carbocycles. The second-order valence-corrected chi connectivity index (χ2v) is 6.83. The fourth-order valence-electron chi connectivity index (χ4n) is 2.33. The van der Waals surface area contributed by atoms with E-state index in [2.05, 4.69) is 91.4 Å². The van der Waals surface area contributed by atoms with Gasteiger partial charge in [-0.05, 0) is 56.5 Å². The predicted molar refractivity (Wildman–Crippen MR) is 89.9 cm³/mol. The molecule has 0 aliphatic rings. The van der Waals surface area contributed by atoms with Crippen LogP contribution in [0.5, 0.6) is 0 Å². The van der Waals surface area contributed by atoms with E-state index in [1.807, 2.05) is 0 Å². The Kier molecular flexibility index (Phi) is 4.66. The lowest BCUT2D eigenvalue weighted by Gasteiger charge is -2.27. The van der Waals surface area contributed by atoms with Crippen LogP contribution in [-0.4, -0.2) is 0 Å². The zero-order chi connectivity index (χ0) is 14.8. The number of halogens is 1. The highest BCUT2D eigenvalue weighted by Gasteiger charge is 2.19. The lowest BCUT2D eigenvalue weighted by atomic mass is 9.93. The second-order valence-electron chi connectivity index (χ2n) is 5.92. The lowest BCUT2D eigenvalue weighted by Crippen LogP contribution is -2.36. The number of nitrogens with one attached hydrogen (secondary N) is 1. The van der Waals surface area contributed by atoms with E-state index < -0.39 is 0 Å². The molecule has 0 amide bonds. The summed E-state index contributed by atoms with van der Waals surface area (Å²) < 4.78 is 1.12. The maximum atomic E-state index is 3.66. The minimum Gasteiger partial charge on any atom is -0.304 e. The van der Waals surface area contributed by atoms with Crippen molar-refractivity contribution in [2.75, 3.05) is 0 Å². The van der Waals surface area contributed by atoms with Crippen LogP contribution in [-0.2, 0) is 12.1 Å². The Hall–Kier alpha value is -1.12. The molecular formula is C18H22BrN. The predicted octanol–water partition coefficient (Wildman–Crippen LogP) is 5.09. The van der Waals surface area contributed by atoms with E-state index in [-0.39, 0.29) is 5.54 Å². The first kappa shape index (κ1) is 15.3. The topological polar surface area (TPSA) is 12.0 Å². The van der Waals surface area contributed by atoms with Crippen LogP contribution in [0.4, 0.5) is 0 Å². The number of benzene rings is 2. The second kappa shape index (κ2) is 6.11. The molecule has 0 aliphatic heterocycles. The first-order valence-corrected chi connectivity index (χ1v) is 7.75. The standard InChI is InChI=1S/C18H22BrN/c1-13-5-6-15(14(2)11-13)12-20-18(3,4)16-7-9-17(19)10-8-16/h5-11,20H,12H2,1-4H3. The van der Waals surface area contributed by atoms with E-state index >= 15 is 0 Å². The Labute approximate surface area is 130 Å². The number of hydrogen-bond donors (Lipinski definition) is 1. The summed E-state index contributed by atoms with van der Waals surface area (Å²) in [5.74, 6) is 0. The van der Waals surface area contributed by atoms with Crippen LogP contribution >= 0.6 is 15.9 Å². The summed E-state index contributed by atoms with van der Waals surface area (Å²) in [7, 11) is 0. The molecule has 0 radical (unpaired) electrons. The Morgan fingerprint density at radius 2 is 1.65 bits per heavy atom. The van der Waals surface area contributed by atoms with Crippen LogP contribution in [0.3, 0.4) is 0 Å². The van der Waals surface area contributed by atoms with Crippen molar-refractivity contribution in [2.24, 2.45) is 0 Å². The van der Waals surface area contributed by atoms with Crippen molar-refractivity contribution in [3.8, 4) is 0 Å². The minimum absolute atomic E-state index is 0.0436. The van der Waals surface area contributed by atoms with Crippen molar-refractivity contribution >= 4 is 15.9 Å². The largest absolute Gasteiger partial charge is 0.304 e. The van der Waals surface area contributed by atoms with Crippen molar-refractivity contribution in [3.63, 3.8) is 0 Å². The molecule has 2 heteroatoms. The molecule has 0 fully saturated rings. The van der Waals surface area contributed by atoms with Crippen molar-refractivity contribution in [1.29, 1.82) is 0 Å². The van der Waals surface area contributed by atoms with E-state index in [9.17, 15) is 0 Å². The molecule has 1 N–H and O–H groups in total. The van der Waals surface area contributed by atoms with Crippen molar-refractivity contribution in [1.82, 2.24) is 5.32 Å². The summed E-state index contributed by atoms with van der Waals surface area (Å²) in [5, 5.41) is 3.66. The van der Waals surface area contributed by atoms with Gasteiger partial charge in [-0.2, -0.15) is 0 Å². The summed E-state index contributed by atoms with van der Waals surface area (Å²) in [6, 6.07) is 15.2. The monoisotopic (exact) mass is 331 g/mol. The Morgan fingerprint density at radius 1 is 1.00 bits per heavy atom. The molecule has 2 rings (SSSR count). The van der Waals surface area contributed by atoms with Gasteiger partial charge in [-0.1, -0.05) is 51.8 Å². The van der Waals surface area contributed by atoms with Gasteiger partial charge in [0, 0.05) is 16.6 Å². The van der Waals surface area contributed by atoms with E-state index in [1.54, 1.807) is 0 Å². The van der Waals surface area contributed by atoms with Gasteiger partial charge in [0.1, 0.15) is 0 Å². The first-order chi connectivity index (χ1) is 9.38. The molecule has 0 unspecified atom stereocenters. The summed E-state index contributed by atoms with van der Waals surface area (Å²) in [5.41, 5.74) is 5.28. The molecule has 1 nitrogen and oxygen atoms in total. The van der Waals surface area contributed by atoms with E-state index in [0.29, 0.717) is 0 Å². The smallest absolute Gasteiger partial charge is 0.0380 e. The van der Waals surface area contributed by atoms with Crippen LogP contribution in [0.2, 0.25) is 0 Å². The van der Waals surface area contributed by atoms with Gasteiger partial charge < -0.3 is 5.32 Å². The maximum absolute atomic E-state index is 3.66. The van der Waals surface area contributed by atoms with Crippen LogP contribution in [0.25, 0.3) is 0 Å². The molecule has 20 heavy (non-hydrogen) atoms. The van der Waals surface area contributed by atoms with Gasteiger partial charge >= 0.3 is 0 Å². The number of aryl methyl sites for hydroxylation is 2. The number of hydrogen-bond acceptors (Lipinski definition) is 1. The molecule has 0 atom stereocenters. The molecule has 0 bridgehead atoms. The minimum atomic E-state index is -0.0436. The fourth-order valence-corrected chi connectivity index (χ4v) is 2.59. The molecule has 0 saturated heterocycles. The number of rotatable bonds is 4. The SMILES string of the molecule is Cc1ccc(CNC(C)(C)c2ccc(Br)cc2)c(C)c1. The van der Waals surface area contributed by atoms with Crippen molar-refractivity contribution in [2.45, 2.75) is 39.8 Å². The van der Waals surface area contributed by atoms with Gasteiger partial charge in [0.15, 0.2) is 0 Å². The average Bonchev–Trinajstić information content (AvgIpc) is 2.38. The average molecular weight is 332 g/mol. The third-order valence-electron chi connectivity index (χ3n) is 3.78. The molecule has 2 aromatic rings. The van der Waals surface area contributed by atoms with Crippen LogP contribution < -0.4 is 5.32 Å². The van der Waals surface area contributed by atoms with Crippen LogP contribution in [0.15, 0.2) is 46.9 Å². The lowest BCUT2D eigenvalue weighted by molar-refractivity contribution is 0.401. The van der Waals surface area contributed by atoms with Gasteiger partial charge in [0.2, 0.25) is 0 Å². The van der Waals surface area contributed by atoms with Gasteiger partial charge in [-0.25, -0.2) is 0 Å². The molecule has 0 aliphatic carbocycles. The highest BCUT2D eigenvalue weighted by atomic mass is 79.9. The third kappa shape index (κ3) is 3.71. The van der Waals surface area contributed by atoms with Crippen molar-refractivity contribution in [3.05, 3.63) is 69.2 Å². The summed E-state index contributed by atoms with van der Waals surface area (Å²) in [6.07, 6.45) is 0.